The molecule has 3 heterocycles. The smallest absolute Gasteiger partial charge is 0.318 e. The van der Waals surface area contributed by atoms with Crippen molar-refractivity contribution in [1.82, 2.24) is 30.3 Å². The van der Waals surface area contributed by atoms with E-state index in [1.54, 1.807) is 0 Å². The molecule has 0 spiro atoms. The second-order valence-electron chi connectivity index (χ2n) is 6.24. The molecule has 0 bridgehead atoms. The topological polar surface area (TPSA) is 77.2 Å². The molecular weight excluding hydrogens is 280 g/mol. The number of rotatable bonds is 4. The molecule has 3 rings (SSSR count). The van der Waals surface area contributed by atoms with E-state index in [0.717, 1.165) is 25.2 Å². The van der Waals surface area contributed by atoms with Crippen LogP contribution in [0.3, 0.4) is 0 Å². The Balaban J connectivity index is 1.51. The Labute approximate surface area is 131 Å². The first kappa shape index (κ1) is 15.3. The molecule has 2 aliphatic heterocycles. The number of nitrogens with zero attached hydrogens (tertiary/aromatic N) is 4. The Morgan fingerprint density at radius 2 is 2.14 bits per heavy atom. The molecule has 7 nitrogen and oxygen atoms in total. The second kappa shape index (κ2) is 6.64. The van der Waals surface area contributed by atoms with Crippen LogP contribution in [0, 0.1) is 0 Å². The summed E-state index contributed by atoms with van der Waals surface area (Å²) in [6.07, 6.45) is 4.46. The Bertz CT molecular complexity index is 510. The van der Waals surface area contributed by atoms with Crippen molar-refractivity contribution in [2.45, 2.75) is 58.2 Å². The molecule has 2 saturated heterocycles. The zero-order valence-electron chi connectivity index (χ0n) is 13.5. The van der Waals surface area contributed by atoms with Crippen molar-refractivity contribution in [2.24, 2.45) is 0 Å². The quantitative estimate of drug-likeness (QED) is 0.874. The molecule has 2 aliphatic rings. The molecule has 7 heteroatoms. The largest absolute Gasteiger partial charge is 0.331 e. The molecule has 1 aromatic heterocycles. The number of amides is 2. The highest BCUT2D eigenvalue weighted by Crippen LogP contribution is 2.25. The van der Waals surface area contributed by atoms with Crippen molar-refractivity contribution < 1.29 is 4.79 Å². The van der Waals surface area contributed by atoms with Gasteiger partial charge >= 0.3 is 6.03 Å². The normalized spacial score (nSPS) is 25.8. The predicted molar refractivity (Wildman–Crippen MR) is 83.4 cm³/mol. The molecule has 2 N–H and O–H groups in total. The highest BCUT2D eigenvalue weighted by molar-refractivity contribution is 5.74. The number of aryl methyl sites for hydroxylation is 1. The van der Waals surface area contributed by atoms with Crippen LogP contribution < -0.4 is 5.32 Å². The van der Waals surface area contributed by atoms with Gasteiger partial charge in [-0.3, -0.25) is 10.00 Å². The number of nitrogens with one attached hydrogen (secondary N) is 2. The van der Waals surface area contributed by atoms with E-state index in [0.29, 0.717) is 18.4 Å². The molecule has 0 radical (unpaired) electrons. The van der Waals surface area contributed by atoms with Gasteiger partial charge in [-0.25, -0.2) is 9.78 Å². The van der Waals surface area contributed by atoms with Gasteiger partial charge in [0.15, 0.2) is 5.82 Å². The summed E-state index contributed by atoms with van der Waals surface area (Å²) in [6.45, 7) is 7.79. The summed E-state index contributed by atoms with van der Waals surface area (Å²) in [6, 6.07) is 0.799. The minimum atomic E-state index is 0.00338. The number of aromatic amines is 1. The van der Waals surface area contributed by atoms with Gasteiger partial charge in [-0.2, -0.15) is 5.10 Å². The fourth-order valence-corrected chi connectivity index (χ4v) is 3.60. The molecule has 2 unspecified atom stereocenters. The Hall–Kier alpha value is -1.63. The third-order valence-electron chi connectivity index (χ3n) is 4.89. The molecule has 0 saturated carbocycles. The minimum absolute atomic E-state index is 0.00338. The van der Waals surface area contributed by atoms with Crippen LogP contribution in [0.2, 0.25) is 0 Å². The molecule has 122 valence electrons. The van der Waals surface area contributed by atoms with Crippen LogP contribution in [0.25, 0.3) is 0 Å². The standard InChI is InChI=1S/C15H26N6O/c1-3-13-17-14(19-18-13)10-16-15(22)21-9-6-12(11(21)2)20-7-4-5-8-20/h11-12H,3-10H2,1-2H3,(H,16,22)(H,17,18,19). The van der Waals surface area contributed by atoms with Gasteiger partial charge in [0, 0.05) is 25.0 Å². The van der Waals surface area contributed by atoms with Crippen molar-refractivity contribution in [2.75, 3.05) is 19.6 Å². The molecule has 2 atom stereocenters. The molecule has 0 aromatic carbocycles. The van der Waals surface area contributed by atoms with E-state index in [9.17, 15) is 4.79 Å². The fraction of sp³-hybridized carbons (Fsp3) is 0.800. The maximum atomic E-state index is 12.4. The lowest BCUT2D eigenvalue weighted by Gasteiger charge is -2.30. The summed E-state index contributed by atoms with van der Waals surface area (Å²) >= 11 is 0. The highest BCUT2D eigenvalue weighted by Gasteiger charge is 2.37. The number of likely N-dealkylation sites (tertiary alicyclic amines) is 2. The molecule has 1 aromatic rings. The van der Waals surface area contributed by atoms with Gasteiger partial charge in [0.25, 0.3) is 0 Å². The van der Waals surface area contributed by atoms with Crippen molar-refractivity contribution in [3.8, 4) is 0 Å². The van der Waals surface area contributed by atoms with Crippen LogP contribution in [0.4, 0.5) is 4.79 Å². The number of hydrogen-bond donors (Lipinski definition) is 2. The van der Waals surface area contributed by atoms with E-state index in [4.69, 9.17) is 0 Å². The van der Waals surface area contributed by atoms with E-state index in [1.807, 2.05) is 11.8 Å². The number of urea groups is 1. The van der Waals surface area contributed by atoms with E-state index in [1.165, 1.54) is 25.9 Å². The molecule has 22 heavy (non-hydrogen) atoms. The predicted octanol–water partition coefficient (Wildman–Crippen LogP) is 1.14. The molecule has 2 fully saturated rings. The summed E-state index contributed by atoms with van der Waals surface area (Å²) < 4.78 is 0. The summed E-state index contributed by atoms with van der Waals surface area (Å²) in [7, 11) is 0. The lowest BCUT2D eigenvalue weighted by molar-refractivity contribution is 0.168. The Kier molecular flexibility index (Phi) is 4.61. The number of hydrogen-bond acceptors (Lipinski definition) is 4. The first-order chi connectivity index (χ1) is 10.7. The Morgan fingerprint density at radius 1 is 1.36 bits per heavy atom. The summed E-state index contributed by atoms with van der Waals surface area (Å²) in [4.78, 5) is 21.2. The summed E-state index contributed by atoms with van der Waals surface area (Å²) in [5.41, 5.74) is 0. The first-order valence-electron chi connectivity index (χ1n) is 8.37. The van der Waals surface area contributed by atoms with Crippen LogP contribution in [0.15, 0.2) is 0 Å². The van der Waals surface area contributed by atoms with Crippen molar-refractivity contribution in [3.05, 3.63) is 11.6 Å². The number of carbonyl (C=O) groups excluding carboxylic acids is 1. The number of carbonyl (C=O) groups is 1. The fourth-order valence-electron chi connectivity index (χ4n) is 3.60. The number of H-pyrrole nitrogens is 1. The third kappa shape index (κ3) is 3.09. The molecule has 0 aliphatic carbocycles. The summed E-state index contributed by atoms with van der Waals surface area (Å²) in [5.74, 6) is 1.50. The lowest BCUT2D eigenvalue weighted by Crippen LogP contribution is -2.47. The van der Waals surface area contributed by atoms with Crippen molar-refractivity contribution >= 4 is 6.03 Å². The summed E-state index contributed by atoms with van der Waals surface area (Å²) in [5, 5.41) is 9.90. The van der Waals surface area contributed by atoms with E-state index in [2.05, 4.69) is 32.3 Å². The average Bonchev–Trinajstić information content (AvgIpc) is 3.25. The van der Waals surface area contributed by atoms with E-state index >= 15 is 0 Å². The van der Waals surface area contributed by atoms with Gasteiger partial charge in [-0.15, -0.1) is 0 Å². The highest BCUT2D eigenvalue weighted by atomic mass is 16.2. The molecule has 2 amide bonds. The third-order valence-corrected chi connectivity index (χ3v) is 4.89. The van der Waals surface area contributed by atoms with Crippen molar-refractivity contribution in [1.29, 1.82) is 0 Å². The number of aromatic nitrogens is 3. The zero-order chi connectivity index (χ0) is 15.5. The van der Waals surface area contributed by atoms with Gasteiger partial charge in [-0.05, 0) is 39.3 Å². The zero-order valence-corrected chi connectivity index (χ0v) is 13.5. The second-order valence-corrected chi connectivity index (χ2v) is 6.24. The van der Waals surface area contributed by atoms with Gasteiger partial charge in [0.1, 0.15) is 5.82 Å². The maximum absolute atomic E-state index is 12.4. The van der Waals surface area contributed by atoms with Crippen molar-refractivity contribution in [3.63, 3.8) is 0 Å². The van der Waals surface area contributed by atoms with Gasteiger partial charge < -0.3 is 10.2 Å². The van der Waals surface area contributed by atoms with Crippen LogP contribution >= 0.6 is 0 Å². The van der Waals surface area contributed by atoms with E-state index in [-0.39, 0.29) is 12.1 Å². The van der Waals surface area contributed by atoms with Gasteiger partial charge in [0.2, 0.25) is 0 Å². The van der Waals surface area contributed by atoms with Crippen LogP contribution in [0.1, 0.15) is 44.8 Å². The van der Waals surface area contributed by atoms with Gasteiger partial charge in [-0.1, -0.05) is 6.92 Å². The monoisotopic (exact) mass is 306 g/mol. The average molecular weight is 306 g/mol. The Morgan fingerprint density at radius 3 is 2.82 bits per heavy atom. The van der Waals surface area contributed by atoms with Crippen LogP contribution in [-0.4, -0.2) is 62.7 Å². The van der Waals surface area contributed by atoms with Crippen LogP contribution in [0.5, 0.6) is 0 Å². The lowest BCUT2D eigenvalue weighted by atomic mass is 10.1. The van der Waals surface area contributed by atoms with E-state index < -0.39 is 0 Å². The van der Waals surface area contributed by atoms with Gasteiger partial charge in [0.05, 0.1) is 6.54 Å². The SMILES string of the molecule is CCc1n[nH]c(CNC(=O)N2CCC(N3CCCC3)C2C)n1. The molecular formula is C15H26N6O. The maximum Gasteiger partial charge on any atom is 0.318 e. The van der Waals surface area contributed by atoms with Crippen LogP contribution in [-0.2, 0) is 13.0 Å². The minimum Gasteiger partial charge on any atom is -0.331 e. The first-order valence-corrected chi connectivity index (χ1v) is 8.37.